The van der Waals surface area contributed by atoms with Crippen LogP contribution in [0.4, 0.5) is 8.78 Å². The number of rotatable bonds is 3. The zero-order chi connectivity index (χ0) is 13.3. The van der Waals surface area contributed by atoms with E-state index in [4.69, 9.17) is 10.2 Å². The van der Waals surface area contributed by atoms with Crippen LogP contribution in [-0.2, 0) is 6.42 Å². The van der Waals surface area contributed by atoms with Gasteiger partial charge < -0.3 is 10.2 Å². The molecular weight excluding hydrogens is 372 g/mol. The van der Waals surface area contributed by atoms with E-state index < -0.39 is 17.7 Å². The molecule has 1 unspecified atom stereocenters. The fraction of sp³-hybridized carbons (Fsp3) is 0.167. The van der Waals surface area contributed by atoms with Crippen LogP contribution in [0.3, 0.4) is 0 Å². The van der Waals surface area contributed by atoms with Crippen LogP contribution in [0.1, 0.15) is 17.4 Å². The first-order chi connectivity index (χ1) is 8.49. The van der Waals surface area contributed by atoms with Crippen molar-refractivity contribution in [2.45, 2.75) is 12.5 Å². The molecule has 1 aromatic heterocycles. The van der Waals surface area contributed by atoms with Gasteiger partial charge in [-0.3, -0.25) is 0 Å². The zero-order valence-electron chi connectivity index (χ0n) is 9.09. The van der Waals surface area contributed by atoms with E-state index in [1.165, 1.54) is 12.1 Å². The molecule has 2 N–H and O–H groups in total. The summed E-state index contributed by atoms with van der Waals surface area (Å²) >= 11 is 6.17. The van der Waals surface area contributed by atoms with Crippen LogP contribution in [0, 0.1) is 11.6 Å². The second kappa shape index (κ2) is 5.50. The molecule has 0 aliphatic rings. The second-order valence-corrected chi connectivity index (χ2v) is 5.41. The molecule has 0 bridgehead atoms. The number of halogens is 4. The number of hydrogen-bond acceptors (Lipinski definition) is 2. The molecule has 0 fully saturated rings. The topological polar surface area (TPSA) is 39.2 Å². The summed E-state index contributed by atoms with van der Waals surface area (Å²) in [5, 5.41) is 0. The van der Waals surface area contributed by atoms with E-state index in [1.807, 2.05) is 0 Å². The third kappa shape index (κ3) is 2.81. The Morgan fingerprint density at radius 3 is 2.50 bits per heavy atom. The van der Waals surface area contributed by atoms with Gasteiger partial charge >= 0.3 is 0 Å². The largest absolute Gasteiger partial charge is 0.453 e. The van der Waals surface area contributed by atoms with Gasteiger partial charge in [-0.25, -0.2) is 8.78 Å². The molecule has 2 rings (SSSR count). The average molecular weight is 381 g/mol. The minimum absolute atomic E-state index is 0.0249. The lowest BCUT2D eigenvalue weighted by Gasteiger charge is -2.11. The van der Waals surface area contributed by atoms with Gasteiger partial charge in [-0.2, -0.15) is 0 Å². The van der Waals surface area contributed by atoms with Crippen molar-refractivity contribution in [1.82, 2.24) is 0 Å². The first kappa shape index (κ1) is 13.7. The van der Waals surface area contributed by atoms with Gasteiger partial charge in [0, 0.05) is 12.0 Å². The van der Waals surface area contributed by atoms with E-state index in [9.17, 15) is 8.78 Å². The fourth-order valence-electron chi connectivity index (χ4n) is 1.60. The van der Waals surface area contributed by atoms with Crippen LogP contribution in [0.15, 0.2) is 37.8 Å². The highest BCUT2D eigenvalue weighted by Gasteiger charge is 2.18. The number of benzene rings is 1. The van der Waals surface area contributed by atoms with Crippen LogP contribution in [0.5, 0.6) is 0 Å². The maximum atomic E-state index is 13.8. The maximum Gasteiger partial charge on any atom is 0.169 e. The highest BCUT2D eigenvalue weighted by Crippen LogP contribution is 2.27. The van der Waals surface area contributed by atoms with Crippen molar-refractivity contribution < 1.29 is 13.2 Å². The van der Waals surface area contributed by atoms with Crippen LogP contribution in [-0.4, -0.2) is 0 Å². The van der Waals surface area contributed by atoms with E-state index in [0.29, 0.717) is 10.4 Å². The lowest BCUT2D eigenvalue weighted by molar-refractivity contribution is 0.439. The second-order valence-electron chi connectivity index (χ2n) is 3.77. The maximum absolute atomic E-state index is 13.8. The first-order valence-electron chi connectivity index (χ1n) is 5.12. The SMILES string of the molecule is NC(Cc1c(F)ccc(Br)c1F)c1ccc(Br)o1. The van der Waals surface area contributed by atoms with E-state index in [0.717, 1.165) is 0 Å². The van der Waals surface area contributed by atoms with Gasteiger partial charge in [0.2, 0.25) is 0 Å². The summed E-state index contributed by atoms with van der Waals surface area (Å²) in [6, 6.07) is 5.27. The molecular formula is C12H9Br2F2NO. The predicted molar refractivity (Wildman–Crippen MR) is 71.1 cm³/mol. The summed E-state index contributed by atoms with van der Waals surface area (Å²) in [6.45, 7) is 0. The molecule has 1 heterocycles. The molecule has 0 aliphatic heterocycles. The van der Waals surface area contributed by atoms with Gasteiger partial charge in [0.15, 0.2) is 4.67 Å². The van der Waals surface area contributed by atoms with E-state index in [2.05, 4.69) is 31.9 Å². The molecule has 0 spiro atoms. The molecule has 96 valence electrons. The van der Waals surface area contributed by atoms with Gasteiger partial charge in [-0.1, -0.05) is 0 Å². The molecule has 0 amide bonds. The highest BCUT2D eigenvalue weighted by atomic mass is 79.9. The normalized spacial score (nSPS) is 12.7. The molecule has 6 heteroatoms. The monoisotopic (exact) mass is 379 g/mol. The van der Waals surface area contributed by atoms with E-state index in [-0.39, 0.29) is 16.5 Å². The van der Waals surface area contributed by atoms with Gasteiger partial charge in [0.05, 0.1) is 10.5 Å². The van der Waals surface area contributed by atoms with Crippen molar-refractivity contribution >= 4 is 31.9 Å². The Balaban J connectivity index is 2.27. The van der Waals surface area contributed by atoms with E-state index >= 15 is 0 Å². The minimum Gasteiger partial charge on any atom is -0.453 e. The molecule has 18 heavy (non-hydrogen) atoms. The number of hydrogen-bond donors (Lipinski definition) is 1. The summed E-state index contributed by atoms with van der Waals surface area (Å²) in [7, 11) is 0. The Morgan fingerprint density at radius 2 is 1.89 bits per heavy atom. The summed E-state index contributed by atoms with van der Waals surface area (Å²) in [4.78, 5) is 0. The molecule has 1 atom stereocenters. The molecule has 0 saturated heterocycles. The van der Waals surface area contributed by atoms with Crippen molar-refractivity contribution in [3.8, 4) is 0 Å². The molecule has 0 saturated carbocycles. The Hall–Kier alpha value is -0.720. The fourth-order valence-corrected chi connectivity index (χ4v) is 2.29. The van der Waals surface area contributed by atoms with Crippen molar-refractivity contribution in [1.29, 1.82) is 0 Å². The lowest BCUT2D eigenvalue weighted by Crippen LogP contribution is -2.14. The molecule has 1 aromatic carbocycles. The van der Waals surface area contributed by atoms with Crippen LogP contribution in [0.2, 0.25) is 0 Å². The summed E-state index contributed by atoms with van der Waals surface area (Å²) in [5.74, 6) is -0.770. The van der Waals surface area contributed by atoms with Crippen LogP contribution < -0.4 is 5.73 Å². The molecule has 0 radical (unpaired) electrons. The van der Waals surface area contributed by atoms with Gasteiger partial charge in [-0.15, -0.1) is 0 Å². The van der Waals surface area contributed by atoms with Gasteiger partial charge in [-0.05, 0) is 56.1 Å². The Labute approximate surface area is 119 Å². The summed E-state index contributed by atoms with van der Waals surface area (Å²) in [6.07, 6.45) is 0.0249. The highest BCUT2D eigenvalue weighted by molar-refractivity contribution is 9.10. The minimum atomic E-state index is -0.629. The lowest BCUT2D eigenvalue weighted by atomic mass is 10.0. The predicted octanol–water partition coefficient (Wildman–Crippen LogP) is 4.33. The van der Waals surface area contributed by atoms with Crippen molar-refractivity contribution in [3.05, 3.63) is 56.4 Å². The number of nitrogens with two attached hydrogens (primary N) is 1. The van der Waals surface area contributed by atoms with Crippen molar-refractivity contribution in [2.24, 2.45) is 5.73 Å². The Bertz CT molecular complexity index is 571. The molecule has 0 aliphatic carbocycles. The Morgan fingerprint density at radius 1 is 1.17 bits per heavy atom. The first-order valence-corrected chi connectivity index (χ1v) is 6.71. The van der Waals surface area contributed by atoms with E-state index in [1.54, 1.807) is 12.1 Å². The third-order valence-electron chi connectivity index (χ3n) is 2.52. The van der Waals surface area contributed by atoms with Gasteiger partial charge in [0.25, 0.3) is 0 Å². The number of furan rings is 1. The smallest absolute Gasteiger partial charge is 0.169 e. The quantitative estimate of drug-likeness (QED) is 0.805. The Kier molecular flexibility index (Phi) is 4.19. The average Bonchev–Trinajstić information content (AvgIpc) is 2.76. The molecule has 2 aromatic rings. The van der Waals surface area contributed by atoms with Crippen molar-refractivity contribution in [3.63, 3.8) is 0 Å². The van der Waals surface area contributed by atoms with Crippen LogP contribution >= 0.6 is 31.9 Å². The van der Waals surface area contributed by atoms with Crippen LogP contribution in [0.25, 0.3) is 0 Å². The summed E-state index contributed by atoms with van der Waals surface area (Å²) in [5.41, 5.74) is 5.81. The summed E-state index contributed by atoms with van der Waals surface area (Å²) < 4.78 is 33.3. The van der Waals surface area contributed by atoms with Gasteiger partial charge in [0.1, 0.15) is 17.4 Å². The standard InChI is InChI=1S/C12H9Br2F2NO/c13-7-1-2-8(15)6(12(7)16)5-9(17)10-3-4-11(14)18-10/h1-4,9H,5,17H2. The third-order valence-corrected chi connectivity index (χ3v) is 3.56. The zero-order valence-corrected chi connectivity index (χ0v) is 12.3. The molecule has 2 nitrogen and oxygen atoms in total. The van der Waals surface area contributed by atoms with Crippen molar-refractivity contribution in [2.75, 3.05) is 0 Å².